The van der Waals surface area contributed by atoms with Crippen molar-refractivity contribution in [1.29, 1.82) is 0 Å². The van der Waals surface area contributed by atoms with E-state index in [4.69, 9.17) is 10.5 Å². The maximum atomic E-state index is 5.83. The second-order valence-electron chi connectivity index (χ2n) is 5.12. The fourth-order valence-electron chi connectivity index (χ4n) is 3.13. The molecule has 1 aliphatic carbocycles. The summed E-state index contributed by atoms with van der Waals surface area (Å²) in [5.41, 5.74) is 8.00. The Balaban J connectivity index is 0.00000120. The van der Waals surface area contributed by atoms with Gasteiger partial charge in [-0.1, -0.05) is 12.1 Å². The number of nitrogens with zero attached hydrogens (tertiary/aromatic N) is 1. The zero-order valence-corrected chi connectivity index (χ0v) is 11.4. The van der Waals surface area contributed by atoms with Crippen molar-refractivity contribution in [1.82, 2.24) is 4.90 Å². The highest BCUT2D eigenvalue weighted by atomic mass is 35.5. The van der Waals surface area contributed by atoms with Crippen LogP contribution in [0.25, 0.3) is 0 Å². The van der Waals surface area contributed by atoms with E-state index >= 15 is 0 Å². The Bertz CT molecular complexity index is 399. The Morgan fingerprint density at radius 1 is 1.33 bits per heavy atom. The van der Waals surface area contributed by atoms with Crippen LogP contribution in [-0.4, -0.2) is 30.2 Å². The molecule has 1 aromatic carbocycles. The number of benzene rings is 1. The van der Waals surface area contributed by atoms with Crippen molar-refractivity contribution in [2.24, 2.45) is 0 Å². The first-order chi connectivity index (χ1) is 8.33. The molecule has 1 saturated carbocycles. The molecule has 0 radical (unpaired) electrons. The molecule has 2 fully saturated rings. The normalized spacial score (nSPS) is 27.6. The van der Waals surface area contributed by atoms with Crippen molar-refractivity contribution >= 4 is 18.1 Å². The lowest BCUT2D eigenvalue weighted by atomic mass is 10.1. The molecule has 100 valence electrons. The summed E-state index contributed by atoms with van der Waals surface area (Å²) in [6, 6.07) is 8.86. The number of nitrogens with two attached hydrogens (primary N) is 1. The van der Waals surface area contributed by atoms with Gasteiger partial charge in [-0.05, 0) is 37.0 Å². The monoisotopic (exact) mass is 268 g/mol. The Morgan fingerprint density at radius 2 is 2.22 bits per heavy atom. The average Bonchev–Trinajstić information content (AvgIpc) is 2.78. The summed E-state index contributed by atoms with van der Waals surface area (Å²) >= 11 is 0. The molecule has 2 aliphatic rings. The molecule has 18 heavy (non-hydrogen) atoms. The minimum absolute atomic E-state index is 0. The summed E-state index contributed by atoms with van der Waals surface area (Å²) in [7, 11) is 0. The molecule has 2 N–H and O–H groups in total. The summed E-state index contributed by atoms with van der Waals surface area (Å²) in [6.45, 7) is 2.94. The van der Waals surface area contributed by atoms with E-state index in [2.05, 4.69) is 17.0 Å². The van der Waals surface area contributed by atoms with Gasteiger partial charge >= 0.3 is 0 Å². The van der Waals surface area contributed by atoms with E-state index in [0.717, 1.165) is 25.4 Å². The van der Waals surface area contributed by atoms with Crippen molar-refractivity contribution in [3.63, 3.8) is 0 Å². The number of nitrogen functional groups attached to an aromatic ring is 1. The highest BCUT2D eigenvalue weighted by Gasteiger charge is 2.35. The number of hydrogen-bond donors (Lipinski definition) is 1. The summed E-state index contributed by atoms with van der Waals surface area (Å²) in [5, 5.41) is 0. The Hall–Kier alpha value is -0.770. The third kappa shape index (κ3) is 2.79. The number of ether oxygens (including phenoxy) is 1. The standard InChI is InChI=1S/C14H20N2O.ClH/c15-12-4-1-3-11(9-12)10-16-7-8-17-14-6-2-5-13(14)16;/h1,3-4,9,13-14H,2,5-8,10,15H2;1H. The smallest absolute Gasteiger partial charge is 0.0731 e. The molecule has 2 atom stereocenters. The van der Waals surface area contributed by atoms with Crippen LogP contribution in [0, 0.1) is 0 Å². The molecule has 1 heterocycles. The van der Waals surface area contributed by atoms with Gasteiger partial charge in [0.05, 0.1) is 12.7 Å². The van der Waals surface area contributed by atoms with Gasteiger partial charge in [-0.2, -0.15) is 0 Å². The van der Waals surface area contributed by atoms with E-state index in [-0.39, 0.29) is 12.4 Å². The minimum Gasteiger partial charge on any atom is -0.399 e. The van der Waals surface area contributed by atoms with Crippen molar-refractivity contribution in [2.75, 3.05) is 18.9 Å². The average molecular weight is 269 g/mol. The van der Waals surface area contributed by atoms with Gasteiger partial charge in [0.15, 0.2) is 0 Å². The third-order valence-electron chi connectivity index (χ3n) is 3.93. The number of rotatable bonds is 2. The van der Waals surface area contributed by atoms with E-state index in [0.29, 0.717) is 12.1 Å². The Morgan fingerprint density at radius 3 is 3.06 bits per heavy atom. The van der Waals surface area contributed by atoms with Crippen LogP contribution in [-0.2, 0) is 11.3 Å². The fraction of sp³-hybridized carbons (Fsp3) is 0.571. The molecule has 1 saturated heterocycles. The van der Waals surface area contributed by atoms with E-state index < -0.39 is 0 Å². The summed E-state index contributed by atoms with van der Waals surface area (Å²) < 4.78 is 5.83. The highest BCUT2D eigenvalue weighted by molar-refractivity contribution is 5.85. The second-order valence-corrected chi connectivity index (χ2v) is 5.12. The predicted octanol–water partition coefficient (Wildman–Crippen LogP) is 2.44. The zero-order valence-electron chi connectivity index (χ0n) is 10.5. The summed E-state index contributed by atoms with van der Waals surface area (Å²) in [5.74, 6) is 0. The number of fused-ring (bicyclic) bond motifs is 1. The molecular weight excluding hydrogens is 248 g/mol. The zero-order chi connectivity index (χ0) is 11.7. The quantitative estimate of drug-likeness (QED) is 0.838. The van der Waals surface area contributed by atoms with Crippen LogP contribution in [0.15, 0.2) is 24.3 Å². The van der Waals surface area contributed by atoms with E-state index in [1.54, 1.807) is 0 Å². The van der Waals surface area contributed by atoms with E-state index in [1.165, 1.54) is 24.8 Å². The molecule has 1 aliphatic heterocycles. The molecule has 3 nitrogen and oxygen atoms in total. The summed E-state index contributed by atoms with van der Waals surface area (Å²) in [4.78, 5) is 2.57. The number of anilines is 1. The largest absolute Gasteiger partial charge is 0.399 e. The first kappa shape index (κ1) is 13.7. The van der Waals surface area contributed by atoms with Crippen LogP contribution in [0.3, 0.4) is 0 Å². The molecule has 4 heteroatoms. The minimum atomic E-state index is 0. The first-order valence-electron chi connectivity index (χ1n) is 6.53. The SMILES string of the molecule is Cl.Nc1cccc(CN2CCOC3CCCC32)c1. The molecule has 0 spiro atoms. The van der Waals surface area contributed by atoms with Crippen LogP contribution in [0.1, 0.15) is 24.8 Å². The summed E-state index contributed by atoms with van der Waals surface area (Å²) in [6.07, 6.45) is 4.30. The van der Waals surface area contributed by atoms with Crippen LogP contribution in [0.5, 0.6) is 0 Å². The van der Waals surface area contributed by atoms with Gasteiger partial charge in [-0.15, -0.1) is 12.4 Å². The van der Waals surface area contributed by atoms with Gasteiger partial charge in [0.1, 0.15) is 0 Å². The molecule has 0 aromatic heterocycles. The molecule has 2 unspecified atom stereocenters. The van der Waals surface area contributed by atoms with Gasteiger partial charge in [0, 0.05) is 24.8 Å². The van der Waals surface area contributed by atoms with Crippen LogP contribution >= 0.6 is 12.4 Å². The molecule has 0 amide bonds. The van der Waals surface area contributed by atoms with E-state index in [9.17, 15) is 0 Å². The van der Waals surface area contributed by atoms with Crippen molar-refractivity contribution in [3.05, 3.63) is 29.8 Å². The van der Waals surface area contributed by atoms with Gasteiger partial charge < -0.3 is 10.5 Å². The van der Waals surface area contributed by atoms with Crippen LogP contribution in [0.2, 0.25) is 0 Å². The van der Waals surface area contributed by atoms with Crippen molar-refractivity contribution in [3.8, 4) is 0 Å². The van der Waals surface area contributed by atoms with Crippen LogP contribution in [0.4, 0.5) is 5.69 Å². The third-order valence-corrected chi connectivity index (χ3v) is 3.93. The fourth-order valence-corrected chi connectivity index (χ4v) is 3.13. The van der Waals surface area contributed by atoms with Crippen molar-refractivity contribution in [2.45, 2.75) is 38.0 Å². The predicted molar refractivity (Wildman–Crippen MR) is 75.9 cm³/mol. The van der Waals surface area contributed by atoms with Gasteiger partial charge in [-0.25, -0.2) is 0 Å². The Kier molecular flexibility index (Phi) is 4.49. The number of halogens is 1. The van der Waals surface area contributed by atoms with Gasteiger partial charge in [0.2, 0.25) is 0 Å². The number of morpholine rings is 1. The topological polar surface area (TPSA) is 38.5 Å². The first-order valence-corrected chi connectivity index (χ1v) is 6.53. The maximum Gasteiger partial charge on any atom is 0.0731 e. The second kappa shape index (κ2) is 5.91. The Labute approximate surface area is 115 Å². The van der Waals surface area contributed by atoms with Gasteiger partial charge in [-0.3, -0.25) is 4.90 Å². The molecular formula is C14H21ClN2O. The van der Waals surface area contributed by atoms with Crippen LogP contribution < -0.4 is 5.73 Å². The highest BCUT2D eigenvalue weighted by Crippen LogP contribution is 2.30. The van der Waals surface area contributed by atoms with Gasteiger partial charge in [0.25, 0.3) is 0 Å². The molecule has 0 bridgehead atoms. The lowest BCUT2D eigenvalue weighted by Crippen LogP contribution is -2.47. The van der Waals surface area contributed by atoms with E-state index in [1.807, 2.05) is 12.1 Å². The molecule has 1 aromatic rings. The lowest BCUT2D eigenvalue weighted by Gasteiger charge is -2.37. The van der Waals surface area contributed by atoms with Crippen molar-refractivity contribution < 1.29 is 4.74 Å². The maximum absolute atomic E-state index is 5.83. The number of hydrogen-bond acceptors (Lipinski definition) is 3. The lowest BCUT2D eigenvalue weighted by molar-refractivity contribution is -0.0588. The molecule has 3 rings (SSSR count).